The molecule has 1 N–H and O–H groups in total. The standard InChI is InChI=1S/C20H21N3O6S/c1-12-15(9-21)19(24)23(13-6-7-30(26,27)11-13)20(25)16(12)10-22-17-8-14(28-2)4-5-18(17)29-3/h4-5,8,10,13,25H,6-7,11H2,1-3H3/t13-/m0/s1. The molecule has 0 saturated carbocycles. The van der Waals surface area contributed by atoms with E-state index >= 15 is 0 Å². The van der Waals surface area contributed by atoms with Crippen molar-refractivity contribution in [2.45, 2.75) is 19.4 Å². The minimum absolute atomic E-state index is 0.0796. The number of hydrogen-bond donors (Lipinski definition) is 1. The maximum absolute atomic E-state index is 12.8. The Labute approximate surface area is 173 Å². The van der Waals surface area contributed by atoms with Gasteiger partial charge in [0.25, 0.3) is 5.56 Å². The van der Waals surface area contributed by atoms with Gasteiger partial charge in [0.05, 0.1) is 37.3 Å². The molecule has 9 nitrogen and oxygen atoms in total. The van der Waals surface area contributed by atoms with Crippen molar-refractivity contribution in [1.82, 2.24) is 4.57 Å². The predicted octanol–water partition coefficient (Wildman–Crippen LogP) is 1.86. The second-order valence-electron chi connectivity index (χ2n) is 6.88. The number of rotatable bonds is 5. The van der Waals surface area contributed by atoms with Gasteiger partial charge in [-0.05, 0) is 31.0 Å². The first kappa shape index (κ1) is 21.4. The van der Waals surface area contributed by atoms with Crippen LogP contribution in [0, 0.1) is 18.3 Å². The van der Waals surface area contributed by atoms with Crippen LogP contribution >= 0.6 is 0 Å². The van der Waals surface area contributed by atoms with Crippen LogP contribution in [0.15, 0.2) is 28.0 Å². The number of pyridine rings is 1. The van der Waals surface area contributed by atoms with Crippen molar-refractivity contribution in [3.8, 4) is 23.4 Å². The number of hydrogen-bond acceptors (Lipinski definition) is 8. The Morgan fingerprint density at radius 1 is 1.33 bits per heavy atom. The number of ether oxygens (including phenoxy) is 2. The zero-order valence-electron chi connectivity index (χ0n) is 16.7. The van der Waals surface area contributed by atoms with E-state index in [9.17, 15) is 23.6 Å². The third-order valence-corrected chi connectivity index (χ3v) is 6.84. The van der Waals surface area contributed by atoms with Crippen LogP contribution in [0.25, 0.3) is 0 Å². The number of methoxy groups -OCH3 is 2. The SMILES string of the molecule is COc1ccc(OC)c(N=Cc2c(C)c(C#N)c(=O)n([C@H]3CCS(=O)(=O)C3)c2O)c1. The van der Waals surface area contributed by atoms with Crippen LogP contribution in [0.3, 0.4) is 0 Å². The van der Waals surface area contributed by atoms with Crippen LogP contribution in [0.4, 0.5) is 5.69 Å². The molecule has 158 valence electrons. The lowest BCUT2D eigenvalue weighted by molar-refractivity contribution is 0.379. The van der Waals surface area contributed by atoms with Gasteiger partial charge in [-0.15, -0.1) is 0 Å². The molecule has 0 spiro atoms. The fraction of sp³-hybridized carbons (Fsp3) is 0.350. The Morgan fingerprint density at radius 2 is 2.07 bits per heavy atom. The highest BCUT2D eigenvalue weighted by atomic mass is 32.2. The Morgan fingerprint density at radius 3 is 2.63 bits per heavy atom. The van der Waals surface area contributed by atoms with Gasteiger partial charge >= 0.3 is 0 Å². The largest absolute Gasteiger partial charge is 0.497 e. The molecule has 1 aromatic heterocycles. The van der Waals surface area contributed by atoms with Gasteiger partial charge in [0.2, 0.25) is 5.88 Å². The van der Waals surface area contributed by atoms with Crippen molar-refractivity contribution in [2.75, 3.05) is 25.7 Å². The molecule has 0 bridgehead atoms. The van der Waals surface area contributed by atoms with Gasteiger partial charge in [0.15, 0.2) is 9.84 Å². The molecule has 0 aliphatic carbocycles. The van der Waals surface area contributed by atoms with Crippen LogP contribution in [-0.4, -0.2) is 50.0 Å². The van der Waals surface area contributed by atoms with Crippen LogP contribution in [0.2, 0.25) is 0 Å². The van der Waals surface area contributed by atoms with E-state index in [1.807, 2.05) is 6.07 Å². The van der Waals surface area contributed by atoms with Crippen molar-refractivity contribution in [2.24, 2.45) is 4.99 Å². The third kappa shape index (κ3) is 3.89. The first-order chi connectivity index (χ1) is 14.2. The first-order valence-corrected chi connectivity index (χ1v) is 10.9. The van der Waals surface area contributed by atoms with Crippen LogP contribution < -0.4 is 15.0 Å². The number of nitriles is 1. The number of benzene rings is 1. The van der Waals surface area contributed by atoms with E-state index in [2.05, 4.69) is 4.99 Å². The molecule has 1 aliphatic heterocycles. The van der Waals surface area contributed by atoms with Crippen molar-refractivity contribution in [3.63, 3.8) is 0 Å². The Bertz CT molecular complexity index is 1220. The smallest absolute Gasteiger partial charge is 0.271 e. The zero-order valence-corrected chi connectivity index (χ0v) is 17.6. The summed E-state index contributed by atoms with van der Waals surface area (Å²) in [6.45, 7) is 1.53. The summed E-state index contributed by atoms with van der Waals surface area (Å²) >= 11 is 0. The molecule has 0 amide bonds. The average molecular weight is 431 g/mol. The van der Waals surface area contributed by atoms with Crippen molar-refractivity contribution >= 4 is 21.7 Å². The highest BCUT2D eigenvalue weighted by molar-refractivity contribution is 7.91. The van der Waals surface area contributed by atoms with Gasteiger partial charge in [-0.1, -0.05) is 0 Å². The van der Waals surface area contributed by atoms with Crippen molar-refractivity contribution < 1.29 is 23.0 Å². The van der Waals surface area contributed by atoms with Crippen LogP contribution in [-0.2, 0) is 9.84 Å². The molecule has 1 aliphatic rings. The fourth-order valence-electron chi connectivity index (χ4n) is 3.44. The van der Waals surface area contributed by atoms with Gasteiger partial charge in [0, 0.05) is 12.3 Å². The lowest BCUT2D eigenvalue weighted by Crippen LogP contribution is -2.29. The zero-order chi connectivity index (χ0) is 22.1. The topological polar surface area (TPSA) is 131 Å². The number of nitrogens with zero attached hydrogens (tertiary/aromatic N) is 3. The number of aromatic hydroxyl groups is 1. The lowest BCUT2D eigenvalue weighted by Gasteiger charge is -2.18. The van der Waals surface area contributed by atoms with Gasteiger partial charge in [-0.2, -0.15) is 5.26 Å². The van der Waals surface area contributed by atoms with Crippen molar-refractivity contribution in [1.29, 1.82) is 5.26 Å². The second-order valence-corrected chi connectivity index (χ2v) is 9.11. The maximum Gasteiger partial charge on any atom is 0.271 e. The number of aliphatic imine (C=N–C) groups is 1. The predicted molar refractivity (Wildman–Crippen MR) is 111 cm³/mol. The molecule has 1 aromatic carbocycles. The highest BCUT2D eigenvalue weighted by Gasteiger charge is 2.33. The quantitative estimate of drug-likeness (QED) is 0.715. The average Bonchev–Trinajstić information content (AvgIpc) is 3.07. The van der Waals surface area contributed by atoms with Crippen LogP contribution in [0.5, 0.6) is 17.4 Å². The molecule has 3 rings (SSSR count). The first-order valence-electron chi connectivity index (χ1n) is 9.07. The minimum atomic E-state index is -3.31. The molecule has 1 saturated heterocycles. The molecular weight excluding hydrogens is 410 g/mol. The molecule has 1 fully saturated rings. The molecule has 30 heavy (non-hydrogen) atoms. The lowest BCUT2D eigenvalue weighted by atomic mass is 10.0. The summed E-state index contributed by atoms with van der Waals surface area (Å²) in [6, 6.07) is 6.12. The van der Waals surface area contributed by atoms with Gasteiger partial charge in [-0.3, -0.25) is 14.4 Å². The highest BCUT2D eigenvalue weighted by Crippen LogP contribution is 2.33. The molecule has 0 radical (unpaired) electrons. The molecule has 2 heterocycles. The van der Waals surface area contributed by atoms with E-state index in [-0.39, 0.29) is 34.6 Å². The summed E-state index contributed by atoms with van der Waals surface area (Å²) in [5, 5.41) is 20.3. The monoisotopic (exact) mass is 431 g/mol. The summed E-state index contributed by atoms with van der Waals surface area (Å²) in [7, 11) is -0.315. The van der Waals surface area contributed by atoms with E-state index in [0.29, 0.717) is 17.2 Å². The Kier molecular flexibility index (Phi) is 5.85. The summed E-state index contributed by atoms with van der Waals surface area (Å²) < 4.78 is 35.2. The van der Waals surface area contributed by atoms with E-state index in [1.54, 1.807) is 18.2 Å². The maximum atomic E-state index is 12.8. The van der Waals surface area contributed by atoms with Crippen LogP contribution in [0.1, 0.15) is 29.2 Å². The minimum Gasteiger partial charge on any atom is -0.497 e. The second kappa shape index (κ2) is 8.20. The van der Waals surface area contributed by atoms with E-state index in [1.165, 1.54) is 27.4 Å². The normalized spacial score (nSPS) is 17.7. The van der Waals surface area contributed by atoms with Gasteiger partial charge < -0.3 is 14.6 Å². The van der Waals surface area contributed by atoms with E-state index < -0.39 is 27.3 Å². The molecule has 1 atom stereocenters. The molecule has 2 aromatic rings. The third-order valence-electron chi connectivity index (χ3n) is 5.08. The van der Waals surface area contributed by atoms with Gasteiger partial charge in [0.1, 0.15) is 28.8 Å². The summed E-state index contributed by atoms with van der Waals surface area (Å²) in [5.41, 5.74) is -0.0692. The molecular formula is C20H21N3O6S. The van der Waals surface area contributed by atoms with Gasteiger partial charge in [-0.25, -0.2) is 8.42 Å². The van der Waals surface area contributed by atoms with Crippen molar-refractivity contribution in [3.05, 3.63) is 45.2 Å². The number of aromatic nitrogens is 1. The summed E-state index contributed by atoms with van der Waals surface area (Å²) in [4.78, 5) is 17.1. The Hall–Kier alpha value is -3.32. The van der Waals surface area contributed by atoms with E-state index in [4.69, 9.17) is 9.47 Å². The summed E-state index contributed by atoms with van der Waals surface area (Å²) in [6.07, 6.45) is 1.51. The molecule has 10 heteroatoms. The van der Waals surface area contributed by atoms with E-state index in [0.717, 1.165) is 4.57 Å². The number of sulfone groups is 1. The fourth-order valence-corrected chi connectivity index (χ4v) is 5.14. The Balaban J connectivity index is 2.17. The summed E-state index contributed by atoms with van der Waals surface area (Å²) in [5.74, 6) is 0.227. The molecule has 0 unspecified atom stereocenters.